The van der Waals surface area contributed by atoms with Gasteiger partial charge in [0.2, 0.25) is 0 Å². The van der Waals surface area contributed by atoms with Crippen LogP contribution >= 0.6 is 0 Å². The van der Waals surface area contributed by atoms with Crippen LogP contribution in [-0.4, -0.2) is 31.5 Å². The molecule has 0 bridgehead atoms. The van der Waals surface area contributed by atoms with Crippen molar-refractivity contribution in [3.05, 3.63) is 17.5 Å². The number of carbonyl (C=O) groups is 1. The number of allylic oxidation sites excluding steroid dienone is 2. The lowest BCUT2D eigenvalue weighted by Crippen LogP contribution is -2.51. The third-order valence-corrected chi connectivity index (χ3v) is 9.74. The van der Waals surface area contributed by atoms with Gasteiger partial charge in [0.1, 0.15) is 12.4 Å². The first kappa shape index (κ1) is 19.6. The molecule has 4 aliphatic rings. The zero-order valence-corrected chi connectivity index (χ0v) is 18.5. The Morgan fingerprint density at radius 1 is 1.24 bits per heavy atom. The number of hydrogen-bond donors (Lipinski definition) is 2. The minimum atomic E-state index is -0.488. The summed E-state index contributed by atoms with van der Waals surface area (Å²) in [6, 6.07) is 0. The second-order valence-corrected chi connectivity index (χ2v) is 11.4. The summed E-state index contributed by atoms with van der Waals surface area (Å²) >= 11 is 0. The quantitative estimate of drug-likeness (QED) is 0.739. The highest BCUT2D eigenvalue weighted by Crippen LogP contribution is 2.66. The molecule has 3 saturated carbocycles. The van der Waals surface area contributed by atoms with Crippen LogP contribution < -0.4 is 0 Å². The predicted octanol–water partition coefficient (Wildman–Crippen LogP) is 4.42. The van der Waals surface area contributed by atoms with Crippen LogP contribution in [0.1, 0.15) is 78.0 Å². The second-order valence-electron chi connectivity index (χ2n) is 11.4. The van der Waals surface area contributed by atoms with Gasteiger partial charge in [-0.05, 0) is 93.8 Å². The molecule has 1 aromatic heterocycles. The number of Topliss-reactive ketones (excluding diaryl/α,β-unsaturated/α-hetero) is 1. The molecular weight excluding hydrogens is 362 g/mol. The fraction of sp³-hybridized carbons (Fsp3) is 0.833. The third kappa shape index (κ3) is 2.83. The Morgan fingerprint density at radius 3 is 2.72 bits per heavy atom. The number of fused-ring (bicyclic) bond motifs is 5. The van der Waals surface area contributed by atoms with Crippen molar-refractivity contribution in [3.63, 3.8) is 0 Å². The Kier molecular flexibility index (Phi) is 4.27. The molecule has 0 radical (unpaired) electrons. The van der Waals surface area contributed by atoms with Gasteiger partial charge in [-0.25, -0.2) is 9.90 Å². The highest BCUT2D eigenvalue weighted by atomic mass is 16.3. The van der Waals surface area contributed by atoms with Crippen molar-refractivity contribution in [1.29, 1.82) is 0 Å². The number of nitrogens with one attached hydrogen (secondary N) is 1. The molecule has 0 spiro atoms. The van der Waals surface area contributed by atoms with E-state index in [9.17, 15) is 9.90 Å². The number of hydrogen-bond acceptors (Lipinski definition) is 3. The van der Waals surface area contributed by atoms with Crippen molar-refractivity contribution in [3.8, 4) is 0 Å². The van der Waals surface area contributed by atoms with Gasteiger partial charge in [-0.1, -0.05) is 25.5 Å². The molecular formula is C24H37N3O2. The van der Waals surface area contributed by atoms with Gasteiger partial charge in [0.15, 0.2) is 5.78 Å². The summed E-state index contributed by atoms with van der Waals surface area (Å²) in [4.78, 5) is 13.2. The van der Waals surface area contributed by atoms with E-state index >= 15 is 0 Å². The van der Waals surface area contributed by atoms with E-state index in [0.717, 1.165) is 37.9 Å². The van der Waals surface area contributed by atoms with Crippen LogP contribution in [0.15, 0.2) is 11.6 Å². The van der Waals surface area contributed by atoms with E-state index in [-0.39, 0.29) is 16.7 Å². The maximum Gasteiger partial charge on any atom is 0.157 e. The Morgan fingerprint density at radius 2 is 2.03 bits per heavy atom. The van der Waals surface area contributed by atoms with E-state index in [1.54, 1.807) is 5.57 Å². The number of aryl methyl sites for hydroxylation is 1. The monoisotopic (exact) mass is 399 g/mol. The largest absolute Gasteiger partial charge is 0.390 e. The van der Waals surface area contributed by atoms with Gasteiger partial charge in [-0.15, -0.1) is 5.10 Å². The molecule has 0 aromatic carbocycles. The minimum Gasteiger partial charge on any atom is -0.390 e. The Bertz CT molecular complexity index is 849. The van der Waals surface area contributed by atoms with Gasteiger partial charge >= 0.3 is 0 Å². The van der Waals surface area contributed by atoms with Crippen molar-refractivity contribution in [1.82, 2.24) is 15.0 Å². The van der Waals surface area contributed by atoms with Crippen molar-refractivity contribution >= 4 is 5.78 Å². The Hall–Kier alpha value is -1.36. The third-order valence-electron chi connectivity index (χ3n) is 9.74. The lowest BCUT2D eigenvalue weighted by Gasteiger charge is -2.58. The molecule has 29 heavy (non-hydrogen) atoms. The standard InChI is InChI=1S/C24H37N3O2/c1-15-25-26-27(15)14-21(28)20-8-7-18-17-6-5-16-13-22(2,29)11-12-23(16,3)19(17)9-10-24(18,20)4/h9,16-18,20,26,29H,5-8,10-14H2,1-4H3/t16-,17+,18+,20-,22-,23+,24+/m1/s1. The predicted molar refractivity (Wildman–Crippen MR) is 112 cm³/mol. The highest BCUT2D eigenvalue weighted by Gasteiger charge is 2.59. The fourth-order valence-electron chi connectivity index (χ4n) is 7.87. The zero-order chi connectivity index (χ0) is 20.6. The first-order valence-corrected chi connectivity index (χ1v) is 11.7. The molecule has 0 unspecified atom stereocenters. The summed E-state index contributed by atoms with van der Waals surface area (Å²) in [6.07, 6.45) is 11.3. The number of rotatable bonds is 3. The van der Waals surface area contributed by atoms with Crippen LogP contribution in [-0.2, 0) is 11.3 Å². The number of nitrogens with zero attached hydrogens (tertiary/aromatic N) is 2. The minimum absolute atomic E-state index is 0.102. The summed E-state index contributed by atoms with van der Waals surface area (Å²) in [5, 5.41) is 17.6. The van der Waals surface area contributed by atoms with Gasteiger partial charge in [-0.3, -0.25) is 4.79 Å². The normalized spacial score (nSPS) is 46.6. The number of aliphatic hydroxyl groups is 1. The molecule has 0 amide bonds. The molecule has 1 heterocycles. The van der Waals surface area contributed by atoms with E-state index in [1.165, 1.54) is 19.3 Å². The van der Waals surface area contributed by atoms with Gasteiger partial charge in [0.05, 0.1) is 5.60 Å². The van der Waals surface area contributed by atoms with E-state index in [2.05, 4.69) is 30.2 Å². The van der Waals surface area contributed by atoms with E-state index in [4.69, 9.17) is 0 Å². The van der Waals surface area contributed by atoms with Crippen molar-refractivity contribution in [2.75, 3.05) is 0 Å². The van der Waals surface area contributed by atoms with Gasteiger partial charge in [0.25, 0.3) is 0 Å². The van der Waals surface area contributed by atoms with Crippen LogP contribution in [0.4, 0.5) is 0 Å². The molecule has 7 atom stereocenters. The highest BCUT2D eigenvalue weighted by molar-refractivity contribution is 5.82. The molecule has 1 aromatic rings. The number of aromatic amines is 1. The summed E-state index contributed by atoms with van der Waals surface area (Å²) in [5.41, 5.74) is 1.55. The van der Waals surface area contributed by atoms with E-state index < -0.39 is 5.60 Å². The number of carbonyl (C=O) groups excluding carboxylic acids is 1. The zero-order valence-electron chi connectivity index (χ0n) is 18.5. The van der Waals surface area contributed by atoms with E-state index in [0.29, 0.717) is 30.1 Å². The number of aromatic nitrogens is 3. The molecule has 5 heteroatoms. The van der Waals surface area contributed by atoms with Crippen molar-refractivity contribution in [2.24, 2.45) is 34.5 Å². The first-order chi connectivity index (χ1) is 13.6. The molecule has 5 nitrogen and oxygen atoms in total. The maximum atomic E-state index is 13.2. The molecule has 0 aliphatic heterocycles. The summed E-state index contributed by atoms with van der Waals surface area (Å²) < 4.78 is 1.88. The van der Waals surface area contributed by atoms with Crippen LogP contribution in [0.25, 0.3) is 0 Å². The van der Waals surface area contributed by atoms with Gasteiger partial charge in [0, 0.05) is 5.92 Å². The maximum absolute atomic E-state index is 13.2. The smallest absolute Gasteiger partial charge is 0.157 e. The van der Waals surface area contributed by atoms with Crippen molar-refractivity contribution < 1.29 is 9.90 Å². The Labute approximate surface area is 174 Å². The molecule has 0 saturated heterocycles. The molecule has 160 valence electrons. The van der Waals surface area contributed by atoms with Crippen molar-refractivity contribution in [2.45, 2.75) is 91.2 Å². The summed E-state index contributed by atoms with van der Waals surface area (Å²) in [6.45, 7) is 9.28. The average Bonchev–Trinajstić information content (AvgIpc) is 3.02. The van der Waals surface area contributed by atoms with Gasteiger partial charge in [-0.2, -0.15) is 0 Å². The summed E-state index contributed by atoms with van der Waals surface area (Å²) in [7, 11) is 0. The fourth-order valence-corrected chi connectivity index (χ4v) is 7.87. The van der Waals surface area contributed by atoms with Crippen LogP contribution in [0.3, 0.4) is 0 Å². The van der Waals surface area contributed by atoms with Crippen LogP contribution in [0.5, 0.6) is 0 Å². The molecule has 3 fully saturated rings. The number of ketones is 1. The second kappa shape index (κ2) is 6.32. The number of H-pyrrole nitrogens is 1. The molecule has 5 rings (SSSR count). The lowest BCUT2D eigenvalue weighted by molar-refractivity contribution is -0.128. The van der Waals surface area contributed by atoms with Gasteiger partial charge < -0.3 is 5.11 Å². The summed E-state index contributed by atoms with van der Waals surface area (Å²) in [5.74, 6) is 3.33. The SMILES string of the molecule is Cc1n[nH]n1CC(=O)[C@H]1CC[C@H]2[C@@H]3CC[C@@H]4C[C@](C)(O)CC[C@]4(C)C3=CC[C@]12C. The van der Waals surface area contributed by atoms with Crippen LogP contribution in [0.2, 0.25) is 0 Å². The average molecular weight is 400 g/mol. The van der Waals surface area contributed by atoms with E-state index in [1.807, 2.05) is 18.5 Å². The topological polar surface area (TPSA) is 70.9 Å². The van der Waals surface area contributed by atoms with Crippen LogP contribution in [0, 0.1) is 41.4 Å². The Balaban J connectivity index is 1.40. The molecule has 2 N–H and O–H groups in total. The molecule has 4 aliphatic carbocycles. The first-order valence-electron chi connectivity index (χ1n) is 11.7. The lowest BCUT2D eigenvalue weighted by atomic mass is 9.47.